The van der Waals surface area contributed by atoms with Crippen LogP contribution in [0.4, 0.5) is 0 Å². The molecule has 0 bridgehead atoms. The molecule has 1 aromatic carbocycles. The van der Waals surface area contributed by atoms with E-state index in [0.29, 0.717) is 5.92 Å². The third-order valence-corrected chi connectivity index (χ3v) is 3.91. The Balaban J connectivity index is 0.00000529. The summed E-state index contributed by atoms with van der Waals surface area (Å²) in [5, 5.41) is 15.8. The van der Waals surface area contributed by atoms with Gasteiger partial charge in [0.1, 0.15) is 0 Å². The van der Waals surface area contributed by atoms with E-state index in [-0.39, 0.29) is 30.6 Å². The number of rotatable bonds is 10. The zero-order valence-electron chi connectivity index (χ0n) is 15.3. The predicted molar refractivity (Wildman–Crippen MR) is 114 cm³/mol. The van der Waals surface area contributed by atoms with Crippen molar-refractivity contribution in [3.63, 3.8) is 0 Å². The van der Waals surface area contributed by atoms with Gasteiger partial charge in [0.15, 0.2) is 5.96 Å². The monoisotopic (exact) mass is 447 g/mol. The largest absolute Gasteiger partial charge is 0.396 e. The summed E-state index contributed by atoms with van der Waals surface area (Å²) < 4.78 is 0. The molecule has 0 aliphatic rings. The molecule has 0 aliphatic heterocycles. The molecular weight excluding hydrogens is 413 g/mol. The van der Waals surface area contributed by atoms with Crippen molar-refractivity contribution in [2.24, 2.45) is 10.9 Å². The summed E-state index contributed by atoms with van der Waals surface area (Å²) in [5.74, 6) is 1.34. The number of guanidine groups is 1. The van der Waals surface area contributed by atoms with E-state index in [2.05, 4.69) is 60.7 Å². The van der Waals surface area contributed by atoms with E-state index in [1.807, 2.05) is 0 Å². The molecule has 0 amide bonds. The van der Waals surface area contributed by atoms with Crippen molar-refractivity contribution in [3.8, 4) is 0 Å². The van der Waals surface area contributed by atoms with Crippen molar-refractivity contribution in [2.45, 2.75) is 46.5 Å². The minimum absolute atomic E-state index is 0. The molecule has 1 atom stereocenters. The number of aliphatic hydroxyl groups is 1. The first kappa shape index (κ1) is 23.2. The molecule has 1 rings (SSSR count). The number of nitrogens with one attached hydrogen (secondary N) is 2. The summed E-state index contributed by atoms with van der Waals surface area (Å²) in [6, 6.07) is 8.66. The number of hydrogen-bond donors (Lipinski definition) is 3. The maximum atomic E-state index is 9.14. The van der Waals surface area contributed by atoms with E-state index in [9.17, 15) is 0 Å². The van der Waals surface area contributed by atoms with Crippen LogP contribution in [0.25, 0.3) is 0 Å². The Morgan fingerprint density at radius 1 is 1.12 bits per heavy atom. The van der Waals surface area contributed by atoms with E-state index >= 15 is 0 Å². The summed E-state index contributed by atoms with van der Waals surface area (Å²) in [4.78, 5) is 4.68. The summed E-state index contributed by atoms with van der Waals surface area (Å²) in [5.41, 5.74) is 2.63. The summed E-state index contributed by atoms with van der Waals surface area (Å²) in [6.07, 6.45) is 4.07. The first-order valence-corrected chi connectivity index (χ1v) is 8.88. The molecule has 0 fully saturated rings. The van der Waals surface area contributed by atoms with E-state index in [4.69, 9.17) is 5.11 Å². The third kappa shape index (κ3) is 10.1. The van der Waals surface area contributed by atoms with Gasteiger partial charge in [-0.25, -0.2) is 0 Å². The van der Waals surface area contributed by atoms with Crippen LogP contribution < -0.4 is 10.6 Å². The number of aliphatic hydroxyl groups excluding tert-OH is 1. The first-order chi connectivity index (χ1) is 11.2. The van der Waals surface area contributed by atoms with Crippen molar-refractivity contribution in [1.29, 1.82) is 0 Å². The number of aryl methyl sites for hydroxylation is 1. The molecule has 0 radical (unpaired) electrons. The quantitative estimate of drug-likeness (QED) is 0.292. The highest BCUT2D eigenvalue weighted by Crippen LogP contribution is 2.11. The van der Waals surface area contributed by atoms with Crippen LogP contribution in [-0.4, -0.2) is 37.3 Å². The van der Waals surface area contributed by atoms with E-state index in [1.54, 1.807) is 0 Å². The lowest BCUT2D eigenvalue weighted by atomic mass is 10.0. The summed E-state index contributed by atoms with van der Waals surface area (Å²) in [6.45, 7) is 9.11. The Labute approximate surface area is 164 Å². The molecule has 138 valence electrons. The average molecular weight is 447 g/mol. The molecule has 0 heterocycles. The highest BCUT2D eigenvalue weighted by molar-refractivity contribution is 14.0. The molecule has 1 unspecified atom stereocenters. The van der Waals surface area contributed by atoms with Crippen LogP contribution in [0.2, 0.25) is 0 Å². The normalized spacial score (nSPS) is 12.4. The lowest BCUT2D eigenvalue weighted by Gasteiger charge is -2.15. The lowest BCUT2D eigenvalue weighted by Crippen LogP contribution is -2.38. The molecule has 0 saturated carbocycles. The Bertz CT molecular complexity index is 442. The van der Waals surface area contributed by atoms with Crippen LogP contribution in [0.5, 0.6) is 0 Å². The molecule has 5 heteroatoms. The van der Waals surface area contributed by atoms with Gasteiger partial charge in [-0.3, -0.25) is 4.99 Å². The molecule has 0 saturated heterocycles. The number of hydrogen-bond acceptors (Lipinski definition) is 2. The fourth-order valence-corrected chi connectivity index (χ4v) is 2.56. The lowest BCUT2D eigenvalue weighted by molar-refractivity contribution is 0.253. The molecule has 3 N–H and O–H groups in total. The maximum Gasteiger partial charge on any atom is 0.191 e. The van der Waals surface area contributed by atoms with Crippen LogP contribution in [0, 0.1) is 12.8 Å². The van der Waals surface area contributed by atoms with Gasteiger partial charge < -0.3 is 15.7 Å². The predicted octanol–water partition coefficient (Wildman–Crippen LogP) is 3.51. The van der Waals surface area contributed by atoms with Crippen molar-refractivity contribution < 1.29 is 5.11 Å². The Morgan fingerprint density at radius 2 is 1.83 bits per heavy atom. The standard InChI is InChI=1S/C19H33N3O.HI/c1-4-6-18(12-14-23)15-22-19(20-5-2)21-13-11-17-9-7-16(3)8-10-17;/h7-10,18,23H,4-6,11-15H2,1-3H3,(H2,20,21,22);1H. The van der Waals surface area contributed by atoms with Gasteiger partial charge in [0, 0.05) is 26.2 Å². The zero-order valence-corrected chi connectivity index (χ0v) is 17.7. The first-order valence-electron chi connectivity index (χ1n) is 8.88. The van der Waals surface area contributed by atoms with Crippen LogP contribution in [0.1, 0.15) is 44.2 Å². The van der Waals surface area contributed by atoms with Gasteiger partial charge >= 0.3 is 0 Å². The van der Waals surface area contributed by atoms with E-state index in [0.717, 1.165) is 51.3 Å². The highest BCUT2D eigenvalue weighted by Gasteiger charge is 2.07. The second kappa shape index (κ2) is 14.5. The van der Waals surface area contributed by atoms with Crippen LogP contribution in [-0.2, 0) is 6.42 Å². The van der Waals surface area contributed by atoms with Gasteiger partial charge in [-0.05, 0) is 44.6 Å². The molecular formula is C19H34IN3O. The third-order valence-electron chi connectivity index (χ3n) is 3.91. The van der Waals surface area contributed by atoms with Crippen molar-refractivity contribution >= 4 is 29.9 Å². The second-order valence-corrected chi connectivity index (χ2v) is 6.05. The van der Waals surface area contributed by atoms with Crippen molar-refractivity contribution in [3.05, 3.63) is 35.4 Å². The Hall–Kier alpha value is -0.820. The van der Waals surface area contributed by atoms with Gasteiger partial charge in [-0.2, -0.15) is 0 Å². The van der Waals surface area contributed by atoms with Crippen LogP contribution in [0.15, 0.2) is 29.3 Å². The van der Waals surface area contributed by atoms with Gasteiger partial charge in [-0.15, -0.1) is 24.0 Å². The molecule has 1 aromatic rings. The second-order valence-electron chi connectivity index (χ2n) is 6.05. The minimum atomic E-state index is 0. The fourth-order valence-electron chi connectivity index (χ4n) is 2.56. The van der Waals surface area contributed by atoms with E-state index < -0.39 is 0 Å². The van der Waals surface area contributed by atoms with Gasteiger partial charge in [-0.1, -0.05) is 43.2 Å². The minimum Gasteiger partial charge on any atom is -0.396 e. The molecule has 0 spiro atoms. The van der Waals surface area contributed by atoms with Crippen molar-refractivity contribution in [2.75, 3.05) is 26.2 Å². The van der Waals surface area contributed by atoms with Crippen molar-refractivity contribution in [1.82, 2.24) is 10.6 Å². The maximum absolute atomic E-state index is 9.14. The number of halogens is 1. The summed E-state index contributed by atoms with van der Waals surface area (Å²) in [7, 11) is 0. The van der Waals surface area contributed by atoms with E-state index in [1.165, 1.54) is 11.1 Å². The summed E-state index contributed by atoms with van der Waals surface area (Å²) >= 11 is 0. The Morgan fingerprint density at radius 3 is 2.42 bits per heavy atom. The molecule has 4 nitrogen and oxygen atoms in total. The highest BCUT2D eigenvalue weighted by atomic mass is 127. The number of benzene rings is 1. The molecule has 0 aromatic heterocycles. The topological polar surface area (TPSA) is 56.7 Å². The fraction of sp³-hybridized carbons (Fsp3) is 0.632. The zero-order chi connectivity index (χ0) is 16.9. The van der Waals surface area contributed by atoms with Crippen LogP contribution >= 0.6 is 24.0 Å². The SMILES string of the molecule is CCCC(CCO)CN=C(NCC)NCCc1ccc(C)cc1.I. The van der Waals surface area contributed by atoms with Crippen LogP contribution in [0.3, 0.4) is 0 Å². The number of aliphatic imine (C=N–C) groups is 1. The van der Waals surface area contributed by atoms with Gasteiger partial charge in [0.25, 0.3) is 0 Å². The number of nitrogens with zero attached hydrogens (tertiary/aromatic N) is 1. The van der Waals surface area contributed by atoms with Gasteiger partial charge in [0.2, 0.25) is 0 Å². The molecule has 24 heavy (non-hydrogen) atoms. The van der Waals surface area contributed by atoms with Gasteiger partial charge in [0.05, 0.1) is 0 Å². The Kier molecular flexibility index (Phi) is 14.0. The molecule has 0 aliphatic carbocycles. The average Bonchev–Trinajstić information content (AvgIpc) is 2.54. The smallest absolute Gasteiger partial charge is 0.191 e.